The first-order valence-corrected chi connectivity index (χ1v) is 8.45. The van der Waals surface area contributed by atoms with Gasteiger partial charge in [0.1, 0.15) is 0 Å². The van der Waals surface area contributed by atoms with Gasteiger partial charge in [-0.2, -0.15) is 0 Å². The van der Waals surface area contributed by atoms with Crippen LogP contribution in [0.15, 0.2) is 28.7 Å². The van der Waals surface area contributed by atoms with Crippen molar-refractivity contribution in [2.24, 2.45) is 11.8 Å². The molecule has 0 radical (unpaired) electrons. The molecule has 1 aliphatic rings. The Morgan fingerprint density at radius 3 is 2.75 bits per heavy atom. The van der Waals surface area contributed by atoms with E-state index in [9.17, 15) is 0 Å². The minimum Gasteiger partial charge on any atom is -0.369 e. The quantitative estimate of drug-likeness (QED) is 0.849. The summed E-state index contributed by atoms with van der Waals surface area (Å²) in [5.74, 6) is 1.61. The molecule has 4 unspecified atom stereocenters. The van der Waals surface area contributed by atoms with Crippen molar-refractivity contribution in [3.63, 3.8) is 0 Å². The van der Waals surface area contributed by atoms with Crippen molar-refractivity contribution < 1.29 is 4.74 Å². The number of hydrogen-bond donors (Lipinski definition) is 1. The first-order chi connectivity index (χ1) is 9.60. The molecule has 1 aliphatic carbocycles. The largest absolute Gasteiger partial charge is 0.369 e. The average molecular weight is 340 g/mol. The third kappa shape index (κ3) is 4.31. The molecule has 0 bridgehead atoms. The molecule has 2 nitrogen and oxygen atoms in total. The van der Waals surface area contributed by atoms with Crippen molar-refractivity contribution >= 4 is 15.9 Å². The number of halogens is 1. The van der Waals surface area contributed by atoms with Crippen LogP contribution in [0.1, 0.15) is 44.8 Å². The van der Waals surface area contributed by atoms with Crippen LogP contribution in [0.25, 0.3) is 0 Å². The van der Waals surface area contributed by atoms with Crippen molar-refractivity contribution in [2.75, 3.05) is 13.6 Å². The molecule has 1 aromatic rings. The highest BCUT2D eigenvalue weighted by Crippen LogP contribution is 2.33. The van der Waals surface area contributed by atoms with Gasteiger partial charge in [0.15, 0.2) is 0 Å². The van der Waals surface area contributed by atoms with Crippen LogP contribution in [0.3, 0.4) is 0 Å². The molecule has 1 N–H and O–H groups in total. The molecule has 0 saturated heterocycles. The van der Waals surface area contributed by atoms with Crippen LogP contribution in [-0.4, -0.2) is 19.7 Å². The lowest BCUT2D eigenvalue weighted by atomic mass is 9.80. The highest BCUT2D eigenvalue weighted by Gasteiger charge is 2.27. The van der Waals surface area contributed by atoms with Crippen LogP contribution in [0.4, 0.5) is 0 Å². The molecule has 4 atom stereocenters. The van der Waals surface area contributed by atoms with Crippen molar-refractivity contribution in [1.82, 2.24) is 5.32 Å². The zero-order chi connectivity index (χ0) is 14.5. The summed E-state index contributed by atoms with van der Waals surface area (Å²) >= 11 is 3.55. The molecule has 0 aromatic heterocycles. The van der Waals surface area contributed by atoms with Crippen molar-refractivity contribution in [3.8, 4) is 0 Å². The predicted molar refractivity (Wildman–Crippen MR) is 87.9 cm³/mol. The fraction of sp³-hybridized carbons (Fsp3) is 0.647. The second-order valence-electron chi connectivity index (χ2n) is 6.13. The molecule has 0 spiro atoms. The average Bonchev–Trinajstić information content (AvgIpc) is 2.42. The molecule has 0 amide bonds. The maximum atomic E-state index is 6.41. The molecular formula is C17H26BrNO. The van der Waals surface area contributed by atoms with Gasteiger partial charge in [-0.25, -0.2) is 0 Å². The summed E-state index contributed by atoms with van der Waals surface area (Å²) < 4.78 is 7.52. The molecule has 1 saturated carbocycles. The lowest BCUT2D eigenvalue weighted by Gasteiger charge is -2.34. The zero-order valence-corrected chi connectivity index (χ0v) is 14.3. The third-order valence-electron chi connectivity index (χ3n) is 4.52. The minimum atomic E-state index is 0.142. The summed E-state index contributed by atoms with van der Waals surface area (Å²) in [6, 6.07) is 8.46. The van der Waals surface area contributed by atoms with Gasteiger partial charge >= 0.3 is 0 Å². The SMILES string of the molecule is CNCC(OC1CCC(C)C(C)C1)c1cccc(Br)c1. The maximum absolute atomic E-state index is 6.41. The number of likely N-dealkylation sites (N-methyl/N-ethyl adjacent to an activating group) is 1. The van der Waals surface area contributed by atoms with E-state index in [2.05, 4.69) is 59.4 Å². The van der Waals surface area contributed by atoms with E-state index >= 15 is 0 Å². The summed E-state index contributed by atoms with van der Waals surface area (Å²) in [6.45, 7) is 5.57. The van der Waals surface area contributed by atoms with Gasteiger partial charge in [-0.15, -0.1) is 0 Å². The normalized spacial score (nSPS) is 28.3. The first-order valence-electron chi connectivity index (χ1n) is 7.65. The van der Waals surface area contributed by atoms with Crippen molar-refractivity contribution in [1.29, 1.82) is 0 Å². The Labute approximate surface area is 131 Å². The Bertz CT molecular complexity index is 423. The summed E-state index contributed by atoms with van der Waals surface area (Å²) in [7, 11) is 1.99. The molecule has 0 aliphatic heterocycles. The molecule has 1 fully saturated rings. The van der Waals surface area contributed by atoms with E-state index in [4.69, 9.17) is 4.74 Å². The predicted octanol–water partition coefficient (Wildman–Crippen LogP) is 4.55. The second kappa shape index (κ2) is 7.58. The maximum Gasteiger partial charge on any atom is 0.0953 e. The Balaban J connectivity index is 2.02. The lowest BCUT2D eigenvalue weighted by molar-refractivity contribution is -0.0474. The van der Waals surface area contributed by atoms with E-state index in [1.54, 1.807) is 0 Å². The fourth-order valence-corrected chi connectivity index (χ4v) is 3.41. The Hall–Kier alpha value is -0.380. The van der Waals surface area contributed by atoms with E-state index in [0.717, 1.165) is 22.9 Å². The Morgan fingerprint density at radius 1 is 1.30 bits per heavy atom. The van der Waals surface area contributed by atoms with Crippen molar-refractivity contribution in [2.45, 2.75) is 45.3 Å². The van der Waals surface area contributed by atoms with Crippen LogP contribution in [0.2, 0.25) is 0 Å². The highest BCUT2D eigenvalue weighted by molar-refractivity contribution is 9.10. The van der Waals surface area contributed by atoms with E-state index < -0.39 is 0 Å². The van der Waals surface area contributed by atoms with Crippen LogP contribution in [-0.2, 0) is 4.74 Å². The van der Waals surface area contributed by atoms with E-state index in [1.165, 1.54) is 24.8 Å². The monoisotopic (exact) mass is 339 g/mol. The van der Waals surface area contributed by atoms with Crippen LogP contribution in [0, 0.1) is 11.8 Å². The van der Waals surface area contributed by atoms with Gasteiger partial charge in [0.2, 0.25) is 0 Å². The number of hydrogen-bond acceptors (Lipinski definition) is 2. The van der Waals surface area contributed by atoms with Crippen LogP contribution >= 0.6 is 15.9 Å². The molecule has 3 heteroatoms. The number of rotatable bonds is 5. The minimum absolute atomic E-state index is 0.142. The van der Waals surface area contributed by atoms with E-state index in [0.29, 0.717) is 6.10 Å². The molecular weight excluding hydrogens is 314 g/mol. The first kappa shape index (κ1) is 16.0. The fourth-order valence-electron chi connectivity index (χ4n) is 2.99. The summed E-state index contributed by atoms with van der Waals surface area (Å²) in [5, 5.41) is 3.26. The van der Waals surface area contributed by atoms with Gasteiger partial charge in [-0.05, 0) is 55.8 Å². The zero-order valence-electron chi connectivity index (χ0n) is 12.7. The Morgan fingerprint density at radius 2 is 2.10 bits per heavy atom. The molecule has 1 aromatic carbocycles. The summed E-state index contributed by atoms with van der Waals surface area (Å²) in [4.78, 5) is 0. The third-order valence-corrected chi connectivity index (χ3v) is 5.01. The van der Waals surface area contributed by atoms with Gasteiger partial charge in [0, 0.05) is 11.0 Å². The molecule has 112 valence electrons. The number of benzene rings is 1. The highest BCUT2D eigenvalue weighted by atomic mass is 79.9. The Kier molecular flexibility index (Phi) is 6.06. The van der Waals surface area contributed by atoms with Crippen LogP contribution in [0.5, 0.6) is 0 Å². The topological polar surface area (TPSA) is 21.3 Å². The van der Waals surface area contributed by atoms with Gasteiger partial charge < -0.3 is 10.1 Å². The van der Waals surface area contributed by atoms with Gasteiger partial charge in [0.05, 0.1) is 12.2 Å². The summed E-state index contributed by atoms with van der Waals surface area (Å²) in [6.07, 6.45) is 4.22. The molecule has 2 rings (SSSR count). The second-order valence-corrected chi connectivity index (χ2v) is 7.04. The standard InChI is InChI=1S/C17H26BrNO/c1-12-7-8-16(9-13(12)2)20-17(11-19-3)14-5-4-6-15(18)10-14/h4-6,10,12-13,16-17,19H,7-9,11H2,1-3H3. The van der Waals surface area contributed by atoms with E-state index in [1.807, 2.05) is 7.05 Å². The van der Waals surface area contributed by atoms with E-state index in [-0.39, 0.29) is 6.10 Å². The van der Waals surface area contributed by atoms with Crippen molar-refractivity contribution in [3.05, 3.63) is 34.3 Å². The number of ether oxygens (including phenoxy) is 1. The van der Waals surface area contributed by atoms with Gasteiger partial charge in [-0.1, -0.05) is 41.9 Å². The van der Waals surface area contributed by atoms with Gasteiger partial charge in [-0.3, -0.25) is 0 Å². The van der Waals surface area contributed by atoms with Gasteiger partial charge in [0.25, 0.3) is 0 Å². The van der Waals surface area contributed by atoms with Crippen LogP contribution < -0.4 is 5.32 Å². The molecule has 20 heavy (non-hydrogen) atoms. The molecule has 0 heterocycles. The summed E-state index contributed by atoms with van der Waals surface area (Å²) in [5.41, 5.74) is 1.25. The smallest absolute Gasteiger partial charge is 0.0953 e. The number of nitrogens with one attached hydrogen (secondary N) is 1. The lowest BCUT2D eigenvalue weighted by Crippen LogP contribution is -2.30.